The summed E-state index contributed by atoms with van der Waals surface area (Å²) in [6.45, 7) is 1.49. The number of amides is 2. The van der Waals surface area contributed by atoms with Crippen LogP contribution in [0, 0.1) is 6.92 Å². The van der Waals surface area contributed by atoms with Crippen LogP contribution in [0.25, 0.3) is 0 Å². The van der Waals surface area contributed by atoms with E-state index >= 15 is 0 Å². The minimum atomic E-state index is -0.670. The van der Waals surface area contributed by atoms with Crippen LogP contribution in [0.1, 0.15) is 15.9 Å². The van der Waals surface area contributed by atoms with Gasteiger partial charge >= 0.3 is 5.97 Å². The number of anilines is 2. The van der Waals surface area contributed by atoms with E-state index in [1.165, 1.54) is 11.9 Å². The largest absolute Gasteiger partial charge is 0.452 e. The van der Waals surface area contributed by atoms with Crippen molar-refractivity contribution in [3.8, 4) is 0 Å². The van der Waals surface area contributed by atoms with E-state index in [0.717, 1.165) is 5.56 Å². The summed E-state index contributed by atoms with van der Waals surface area (Å²) in [7, 11) is 1.46. The number of hydrogen-bond donors (Lipinski definition) is 3. The molecule has 2 rings (SSSR count). The molecule has 0 spiro atoms. The fourth-order valence-electron chi connectivity index (χ4n) is 2.46. The van der Waals surface area contributed by atoms with Gasteiger partial charge in [-0.1, -0.05) is 29.8 Å². The van der Waals surface area contributed by atoms with Crippen molar-refractivity contribution in [3.05, 3.63) is 59.7 Å². The normalized spacial score (nSPS) is 10.2. The molecule has 3 N–H and O–H groups in total. The molecule has 0 saturated heterocycles. The lowest BCUT2D eigenvalue weighted by Crippen LogP contribution is -2.37. The summed E-state index contributed by atoms with van der Waals surface area (Å²) in [6.07, 6.45) is 0. The SMILES string of the molecule is Cc1ccc(NC(=O)CN(C)C(=O)COC(=O)c2ccccc2NCCO)cc1. The number of likely N-dealkylation sites (N-methyl/N-ethyl adjacent to an activating group) is 1. The van der Waals surface area contributed by atoms with Crippen LogP contribution in [-0.4, -0.2) is 61.1 Å². The number of aliphatic hydroxyl groups is 1. The average molecular weight is 399 g/mol. The molecule has 0 aliphatic carbocycles. The first-order valence-electron chi connectivity index (χ1n) is 9.12. The third-order valence-corrected chi connectivity index (χ3v) is 4.04. The summed E-state index contributed by atoms with van der Waals surface area (Å²) in [6, 6.07) is 13.9. The van der Waals surface area contributed by atoms with Gasteiger partial charge in [0.15, 0.2) is 6.61 Å². The van der Waals surface area contributed by atoms with E-state index < -0.39 is 18.5 Å². The van der Waals surface area contributed by atoms with E-state index in [9.17, 15) is 14.4 Å². The Labute approximate surface area is 169 Å². The molecular weight excluding hydrogens is 374 g/mol. The summed E-state index contributed by atoms with van der Waals surface area (Å²) >= 11 is 0. The molecule has 2 aromatic carbocycles. The molecule has 29 heavy (non-hydrogen) atoms. The van der Waals surface area contributed by atoms with Crippen LogP contribution in [0.5, 0.6) is 0 Å². The first kappa shape index (κ1) is 21.9. The lowest BCUT2D eigenvalue weighted by atomic mass is 10.2. The molecule has 0 aliphatic rings. The van der Waals surface area contributed by atoms with Crippen LogP contribution in [-0.2, 0) is 14.3 Å². The van der Waals surface area contributed by atoms with Crippen LogP contribution < -0.4 is 10.6 Å². The number of aliphatic hydroxyl groups excluding tert-OH is 1. The van der Waals surface area contributed by atoms with Crippen LogP contribution >= 0.6 is 0 Å². The monoisotopic (exact) mass is 399 g/mol. The summed E-state index contributed by atoms with van der Waals surface area (Å²) < 4.78 is 5.08. The molecule has 2 amide bonds. The number of rotatable bonds is 9. The van der Waals surface area contributed by atoms with Crippen molar-refractivity contribution in [2.24, 2.45) is 0 Å². The zero-order valence-corrected chi connectivity index (χ0v) is 16.5. The van der Waals surface area contributed by atoms with Crippen molar-refractivity contribution < 1.29 is 24.2 Å². The Bertz CT molecular complexity index is 852. The molecule has 0 saturated carbocycles. The molecule has 0 radical (unpaired) electrons. The number of carbonyl (C=O) groups is 3. The number of nitrogens with one attached hydrogen (secondary N) is 2. The highest BCUT2D eigenvalue weighted by Crippen LogP contribution is 2.16. The Hall–Kier alpha value is -3.39. The highest BCUT2D eigenvalue weighted by atomic mass is 16.5. The number of aryl methyl sites for hydroxylation is 1. The van der Waals surface area contributed by atoms with Crippen molar-refractivity contribution in [2.45, 2.75) is 6.92 Å². The van der Waals surface area contributed by atoms with Crippen molar-refractivity contribution >= 4 is 29.2 Å². The zero-order valence-electron chi connectivity index (χ0n) is 16.5. The topological polar surface area (TPSA) is 108 Å². The second-order valence-electron chi connectivity index (χ2n) is 6.44. The Morgan fingerprint density at radius 3 is 2.45 bits per heavy atom. The van der Waals surface area contributed by atoms with E-state index in [1.54, 1.807) is 36.4 Å². The maximum Gasteiger partial charge on any atom is 0.340 e. The molecule has 154 valence electrons. The van der Waals surface area contributed by atoms with Crippen LogP contribution in [0.15, 0.2) is 48.5 Å². The van der Waals surface area contributed by atoms with Gasteiger partial charge in [-0.3, -0.25) is 9.59 Å². The standard InChI is InChI=1S/C21H25N3O5/c1-15-7-9-16(10-8-15)23-19(26)13-24(2)20(27)14-29-21(28)17-5-3-4-6-18(17)22-11-12-25/h3-10,22,25H,11-14H2,1-2H3,(H,23,26). The van der Waals surface area contributed by atoms with Crippen LogP contribution in [0.2, 0.25) is 0 Å². The molecule has 8 nitrogen and oxygen atoms in total. The predicted molar refractivity (Wildman–Crippen MR) is 110 cm³/mol. The molecule has 0 bridgehead atoms. The van der Waals surface area contributed by atoms with Gasteiger partial charge in [-0.25, -0.2) is 4.79 Å². The molecule has 0 atom stereocenters. The number of hydrogen-bond acceptors (Lipinski definition) is 6. The fraction of sp³-hybridized carbons (Fsp3) is 0.286. The molecule has 0 aromatic heterocycles. The summed E-state index contributed by atoms with van der Waals surface area (Å²) in [5, 5.41) is 14.5. The summed E-state index contributed by atoms with van der Waals surface area (Å²) in [5.41, 5.74) is 2.48. The van der Waals surface area contributed by atoms with Crippen molar-refractivity contribution in [3.63, 3.8) is 0 Å². The lowest BCUT2D eigenvalue weighted by molar-refractivity contribution is -0.136. The minimum Gasteiger partial charge on any atom is -0.452 e. The number of benzene rings is 2. The highest BCUT2D eigenvalue weighted by molar-refractivity contribution is 5.97. The van der Waals surface area contributed by atoms with E-state index in [4.69, 9.17) is 9.84 Å². The first-order chi connectivity index (χ1) is 13.9. The predicted octanol–water partition coefficient (Wildman–Crippen LogP) is 1.65. The van der Waals surface area contributed by atoms with E-state index in [1.807, 2.05) is 19.1 Å². The van der Waals surface area contributed by atoms with Crippen LogP contribution in [0.4, 0.5) is 11.4 Å². The first-order valence-corrected chi connectivity index (χ1v) is 9.12. The second-order valence-corrected chi connectivity index (χ2v) is 6.44. The second kappa shape index (κ2) is 10.8. The molecule has 0 fully saturated rings. The number of nitrogens with zero attached hydrogens (tertiary/aromatic N) is 1. The Balaban J connectivity index is 1.84. The Kier molecular flexibility index (Phi) is 8.17. The molecule has 2 aromatic rings. The molecule has 0 heterocycles. The van der Waals surface area contributed by atoms with Gasteiger partial charge in [-0.05, 0) is 31.2 Å². The van der Waals surface area contributed by atoms with E-state index in [2.05, 4.69) is 10.6 Å². The third-order valence-electron chi connectivity index (χ3n) is 4.04. The van der Waals surface area contributed by atoms with E-state index in [0.29, 0.717) is 11.4 Å². The Morgan fingerprint density at radius 2 is 1.76 bits per heavy atom. The lowest BCUT2D eigenvalue weighted by Gasteiger charge is -2.17. The number of ether oxygens (including phenoxy) is 1. The highest BCUT2D eigenvalue weighted by Gasteiger charge is 2.17. The number of carbonyl (C=O) groups excluding carboxylic acids is 3. The number of esters is 1. The quantitative estimate of drug-likeness (QED) is 0.554. The van der Waals surface area contributed by atoms with Crippen molar-refractivity contribution in [1.82, 2.24) is 4.90 Å². The van der Waals surface area contributed by atoms with Gasteiger partial charge < -0.3 is 25.4 Å². The van der Waals surface area contributed by atoms with Gasteiger partial charge in [-0.2, -0.15) is 0 Å². The van der Waals surface area contributed by atoms with Gasteiger partial charge in [0, 0.05) is 25.0 Å². The Morgan fingerprint density at radius 1 is 1.07 bits per heavy atom. The number of para-hydroxylation sites is 1. The van der Waals surface area contributed by atoms with Gasteiger partial charge in [0.1, 0.15) is 0 Å². The zero-order chi connectivity index (χ0) is 21.2. The minimum absolute atomic E-state index is 0.0860. The maximum atomic E-state index is 12.3. The van der Waals surface area contributed by atoms with E-state index in [-0.39, 0.29) is 31.2 Å². The third kappa shape index (κ3) is 6.93. The van der Waals surface area contributed by atoms with Gasteiger partial charge in [-0.15, -0.1) is 0 Å². The van der Waals surface area contributed by atoms with Gasteiger partial charge in [0.2, 0.25) is 5.91 Å². The fourth-order valence-corrected chi connectivity index (χ4v) is 2.46. The molecular formula is C21H25N3O5. The molecule has 0 unspecified atom stereocenters. The smallest absolute Gasteiger partial charge is 0.340 e. The summed E-state index contributed by atoms with van der Waals surface area (Å²) in [4.78, 5) is 37.7. The van der Waals surface area contributed by atoms with Crippen molar-refractivity contribution in [1.29, 1.82) is 0 Å². The molecule has 0 aliphatic heterocycles. The van der Waals surface area contributed by atoms with Crippen LogP contribution in [0.3, 0.4) is 0 Å². The van der Waals surface area contributed by atoms with Gasteiger partial charge in [0.05, 0.1) is 18.7 Å². The summed E-state index contributed by atoms with van der Waals surface area (Å²) in [5.74, 6) is -1.52. The van der Waals surface area contributed by atoms with Gasteiger partial charge in [0.25, 0.3) is 5.91 Å². The van der Waals surface area contributed by atoms with Crippen molar-refractivity contribution in [2.75, 3.05) is 44.0 Å². The average Bonchev–Trinajstić information content (AvgIpc) is 2.72. The maximum absolute atomic E-state index is 12.3. The molecule has 8 heteroatoms.